The van der Waals surface area contributed by atoms with Gasteiger partial charge >= 0.3 is 6.18 Å². The molecule has 0 bridgehead atoms. The van der Waals surface area contributed by atoms with Crippen LogP contribution in [0.4, 0.5) is 17.6 Å². The van der Waals surface area contributed by atoms with E-state index in [1.54, 1.807) is 6.92 Å². The van der Waals surface area contributed by atoms with Crippen molar-refractivity contribution in [1.29, 1.82) is 0 Å². The number of nitrogens with zero attached hydrogens (tertiary/aromatic N) is 2. The van der Waals surface area contributed by atoms with Gasteiger partial charge in [-0.25, -0.2) is 9.37 Å². The summed E-state index contributed by atoms with van der Waals surface area (Å²) in [5.74, 6) is -1.08. The van der Waals surface area contributed by atoms with Crippen molar-refractivity contribution >= 4 is 15.9 Å². The normalized spacial score (nSPS) is 11.5. The molecule has 0 aliphatic rings. The minimum atomic E-state index is -4.79. The second-order valence-electron chi connectivity index (χ2n) is 3.82. The maximum absolute atomic E-state index is 13.1. The van der Waals surface area contributed by atoms with Crippen LogP contribution in [0.5, 0.6) is 11.6 Å². The van der Waals surface area contributed by atoms with E-state index < -0.39 is 17.6 Å². The quantitative estimate of drug-likeness (QED) is 0.590. The summed E-state index contributed by atoms with van der Waals surface area (Å²) in [5.41, 5.74) is -1.39. The number of benzene rings is 1. The van der Waals surface area contributed by atoms with Crippen molar-refractivity contribution in [3.05, 3.63) is 46.1 Å². The van der Waals surface area contributed by atoms with Gasteiger partial charge in [0.2, 0.25) is 5.88 Å². The van der Waals surface area contributed by atoms with Crippen LogP contribution in [0.15, 0.2) is 28.9 Å². The lowest BCUT2D eigenvalue weighted by Gasteiger charge is -2.11. The number of ether oxygens (including phenoxy) is 1. The van der Waals surface area contributed by atoms with E-state index in [4.69, 9.17) is 4.74 Å². The fourth-order valence-electron chi connectivity index (χ4n) is 1.46. The van der Waals surface area contributed by atoms with Crippen molar-refractivity contribution in [2.24, 2.45) is 0 Å². The van der Waals surface area contributed by atoms with E-state index in [0.717, 1.165) is 6.07 Å². The van der Waals surface area contributed by atoms with Crippen molar-refractivity contribution in [2.45, 2.75) is 13.1 Å². The molecule has 0 fully saturated rings. The molecule has 0 radical (unpaired) electrons. The Morgan fingerprint density at radius 3 is 2.45 bits per heavy atom. The molecular formula is C12H7BrF4N2O. The zero-order chi connectivity index (χ0) is 14.9. The van der Waals surface area contributed by atoms with Crippen LogP contribution in [-0.2, 0) is 6.18 Å². The molecular weight excluding hydrogens is 344 g/mol. The molecule has 0 aliphatic carbocycles. The Kier molecular flexibility index (Phi) is 3.94. The van der Waals surface area contributed by atoms with E-state index in [9.17, 15) is 17.6 Å². The maximum atomic E-state index is 13.1. The van der Waals surface area contributed by atoms with Crippen LogP contribution in [0.25, 0.3) is 0 Å². The Morgan fingerprint density at radius 2 is 1.85 bits per heavy atom. The molecule has 1 aromatic heterocycles. The first-order valence-electron chi connectivity index (χ1n) is 5.31. The number of rotatable bonds is 2. The summed E-state index contributed by atoms with van der Waals surface area (Å²) >= 11 is 3.11. The number of halogens is 5. The number of alkyl halides is 3. The number of hydrogen-bond donors (Lipinski definition) is 0. The molecule has 0 unspecified atom stereocenters. The summed E-state index contributed by atoms with van der Waals surface area (Å²) < 4.78 is 56.4. The van der Waals surface area contributed by atoms with Gasteiger partial charge in [0.25, 0.3) is 0 Å². The second kappa shape index (κ2) is 5.35. The second-order valence-corrected chi connectivity index (χ2v) is 4.63. The standard InChI is InChI=1S/C12H7BrF4N2O/c1-6-18-10(13)5-11(19-6)20-7-2-3-9(14)8(4-7)12(15,16)17/h2-5H,1H3. The van der Waals surface area contributed by atoms with E-state index in [-0.39, 0.29) is 11.6 Å². The first-order valence-corrected chi connectivity index (χ1v) is 6.11. The van der Waals surface area contributed by atoms with Gasteiger partial charge < -0.3 is 4.74 Å². The SMILES string of the molecule is Cc1nc(Br)cc(Oc2ccc(F)c(C(F)(F)F)c2)n1. The molecule has 20 heavy (non-hydrogen) atoms. The lowest BCUT2D eigenvalue weighted by molar-refractivity contribution is -0.140. The molecule has 0 N–H and O–H groups in total. The van der Waals surface area contributed by atoms with E-state index in [0.29, 0.717) is 22.6 Å². The summed E-state index contributed by atoms with van der Waals surface area (Å²) in [5, 5.41) is 0. The smallest absolute Gasteiger partial charge is 0.419 e. The molecule has 3 nitrogen and oxygen atoms in total. The fraction of sp³-hybridized carbons (Fsp3) is 0.167. The number of aromatic nitrogens is 2. The van der Waals surface area contributed by atoms with Crippen molar-refractivity contribution in [3.8, 4) is 11.6 Å². The van der Waals surface area contributed by atoms with Crippen molar-refractivity contribution in [1.82, 2.24) is 9.97 Å². The zero-order valence-electron chi connectivity index (χ0n) is 10.0. The molecule has 0 saturated carbocycles. The molecule has 2 aromatic rings. The summed E-state index contributed by atoms with van der Waals surface area (Å²) in [6.07, 6.45) is -4.79. The Labute approximate surface area is 119 Å². The molecule has 106 valence electrons. The van der Waals surface area contributed by atoms with E-state index in [1.165, 1.54) is 6.07 Å². The lowest BCUT2D eigenvalue weighted by atomic mass is 10.2. The summed E-state index contributed by atoms with van der Waals surface area (Å²) in [7, 11) is 0. The lowest BCUT2D eigenvalue weighted by Crippen LogP contribution is -2.08. The molecule has 8 heteroatoms. The third-order valence-corrected chi connectivity index (χ3v) is 2.66. The fourth-order valence-corrected chi connectivity index (χ4v) is 1.92. The zero-order valence-corrected chi connectivity index (χ0v) is 11.6. The number of hydrogen-bond acceptors (Lipinski definition) is 3. The Morgan fingerprint density at radius 1 is 1.15 bits per heavy atom. The Balaban J connectivity index is 2.35. The highest BCUT2D eigenvalue weighted by Gasteiger charge is 2.34. The minimum absolute atomic E-state index is 0.0594. The van der Waals surface area contributed by atoms with Gasteiger partial charge in [-0.2, -0.15) is 18.2 Å². The van der Waals surface area contributed by atoms with Gasteiger partial charge in [0.1, 0.15) is 22.0 Å². The first kappa shape index (κ1) is 14.7. The van der Waals surface area contributed by atoms with Crippen LogP contribution in [0.2, 0.25) is 0 Å². The van der Waals surface area contributed by atoms with Crippen LogP contribution in [0, 0.1) is 12.7 Å². The van der Waals surface area contributed by atoms with Crippen molar-refractivity contribution < 1.29 is 22.3 Å². The van der Waals surface area contributed by atoms with Crippen LogP contribution in [-0.4, -0.2) is 9.97 Å². The molecule has 1 heterocycles. The topological polar surface area (TPSA) is 35.0 Å². The average molecular weight is 351 g/mol. The van der Waals surface area contributed by atoms with Gasteiger partial charge in [0, 0.05) is 6.07 Å². The monoisotopic (exact) mass is 350 g/mol. The predicted molar refractivity (Wildman–Crippen MR) is 65.9 cm³/mol. The Hall–Kier alpha value is -1.70. The molecule has 0 saturated heterocycles. The van der Waals surface area contributed by atoms with Gasteiger partial charge in [-0.1, -0.05) is 0 Å². The molecule has 0 atom stereocenters. The van der Waals surface area contributed by atoms with Crippen LogP contribution in [0.3, 0.4) is 0 Å². The van der Waals surface area contributed by atoms with Gasteiger partial charge in [-0.3, -0.25) is 0 Å². The van der Waals surface area contributed by atoms with Crippen LogP contribution in [0.1, 0.15) is 11.4 Å². The highest BCUT2D eigenvalue weighted by atomic mass is 79.9. The van der Waals surface area contributed by atoms with E-state index in [1.807, 2.05) is 0 Å². The van der Waals surface area contributed by atoms with E-state index >= 15 is 0 Å². The highest BCUT2D eigenvalue weighted by molar-refractivity contribution is 9.10. The molecule has 2 rings (SSSR count). The molecule has 0 aliphatic heterocycles. The third-order valence-electron chi connectivity index (χ3n) is 2.25. The molecule has 0 amide bonds. The average Bonchev–Trinajstić information content (AvgIpc) is 2.29. The number of aryl methyl sites for hydroxylation is 1. The van der Waals surface area contributed by atoms with Crippen LogP contribution < -0.4 is 4.74 Å². The van der Waals surface area contributed by atoms with E-state index in [2.05, 4.69) is 25.9 Å². The molecule has 1 aromatic carbocycles. The van der Waals surface area contributed by atoms with Crippen molar-refractivity contribution in [2.75, 3.05) is 0 Å². The maximum Gasteiger partial charge on any atom is 0.419 e. The molecule has 0 spiro atoms. The van der Waals surface area contributed by atoms with Crippen LogP contribution >= 0.6 is 15.9 Å². The van der Waals surface area contributed by atoms with Gasteiger partial charge in [-0.05, 0) is 41.1 Å². The highest BCUT2D eigenvalue weighted by Crippen LogP contribution is 2.34. The van der Waals surface area contributed by atoms with Gasteiger partial charge in [0.05, 0.1) is 5.56 Å². The predicted octanol–water partition coefficient (Wildman–Crippen LogP) is 4.50. The van der Waals surface area contributed by atoms with Gasteiger partial charge in [0.15, 0.2) is 0 Å². The summed E-state index contributed by atoms with van der Waals surface area (Å²) in [6.45, 7) is 1.60. The van der Waals surface area contributed by atoms with Gasteiger partial charge in [-0.15, -0.1) is 0 Å². The van der Waals surface area contributed by atoms with Crippen molar-refractivity contribution in [3.63, 3.8) is 0 Å². The Bertz CT molecular complexity index is 626. The minimum Gasteiger partial charge on any atom is -0.439 e. The largest absolute Gasteiger partial charge is 0.439 e. The third kappa shape index (κ3) is 3.44. The summed E-state index contributed by atoms with van der Waals surface area (Å²) in [4.78, 5) is 7.84. The first-order chi connectivity index (χ1) is 9.25. The summed E-state index contributed by atoms with van der Waals surface area (Å²) in [6, 6.07) is 3.77.